The number of hydrogen-bond donors (Lipinski definition) is 3. The average molecular weight is 522 g/mol. The standard InChI is InChI=1S/C27H32FN7O3/c1-37-23-15-21-22(16-24(23)38-11-5-10-34-8-2-3-9-34)30-17-35(20-7-4-6-18(28)12-20)27(21)31-26-14-19(32-33-26)13-25(29)36/h4,6-7,12,14-16,30H,2-3,5,8-11,13,17H2,1H3,(H2,29,36)(H,32,33). The number of ether oxygens (including phenoxy) is 2. The third kappa shape index (κ3) is 5.88. The molecule has 1 saturated heterocycles. The molecule has 3 aromatic rings. The number of likely N-dealkylation sites (tertiary alicyclic amines) is 1. The van der Waals surface area contributed by atoms with Crippen molar-refractivity contribution in [3.8, 4) is 11.5 Å². The molecular formula is C27H32FN7O3. The van der Waals surface area contributed by atoms with E-state index in [1.807, 2.05) is 23.1 Å². The zero-order valence-electron chi connectivity index (χ0n) is 21.4. The number of benzene rings is 2. The smallest absolute Gasteiger partial charge is 0.223 e. The minimum Gasteiger partial charge on any atom is -0.493 e. The lowest BCUT2D eigenvalue weighted by Crippen LogP contribution is -2.40. The van der Waals surface area contributed by atoms with Crippen molar-refractivity contribution in [1.29, 1.82) is 0 Å². The molecule has 0 saturated carbocycles. The number of nitrogens with two attached hydrogens (primary N) is 1. The molecule has 0 atom stereocenters. The van der Waals surface area contributed by atoms with Crippen LogP contribution in [0.4, 0.5) is 21.6 Å². The topological polar surface area (TPSA) is 121 Å². The SMILES string of the molecule is COc1cc2c(cc1OCCCN1CCCC1)NCN(c1cccc(F)c1)C2=Nc1cc(CC(N)=O)[nH]n1. The molecule has 10 nitrogen and oxygen atoms in total. The average Bonchev–Trinajstić information content (AvgIpc) is 3.58. The maximum atomic E-state index is 14.1. The number of nitrogens with zero attached hydrogens (tertiary/aromatic N) is 4. The van der Waals surface area contributed by atoms with Gasteiger partial charge in [-0.3, -0.25) is 9.89 Å². The molecule has 0 bridgehead atoms. The highest BCUT2D eigenvalue weighted by Crippen LogP contribution is 2.38. The fourth-order valence-corrected chi connectivity index (χ4v) is 4.80. The summed E-state index contributed by atoms with van der Waals surface area (Å²) < 4.78 is 25.9. The molecule has 2 aliphatic heterocycles. The molecule has 0 spiro atoms. The molecule has 4 N–H and O–H groups in total. The van der Waals surface area contributed by atoms with Crippen molar-refractivity contribution in [2.24, 2.45) is 10.7 Å². The number of rotatable bonds is 10. The molecule has 1 fully saturated rings. The summed E-state index contributed by atoms with van der Waals surface area (Å²) >= 11 is 0. The van der Waals surface area contributed by atoms with Gasteiger partial charge in [-0.1, -0.05) is 6.07 Å². The molecule has 1 amide bonds. The summed E-state index contributed by atoms with van der Waals surface area (Å²) in [5.41, 5.74) is 8.03. The van der Waals surface area contributed by atoms with Crippen LogP contribution in [0.1, 0.15) is 30.5 Å². The number of aliphatic imine (C=N–C) groups is 1. The zero-order valence-corrected chi connectivity index (χ0v) is 21.4. The molecule has 2 aliphatic rings. The van der Waals surface area contributed by atoms with Crippen LogP contribution in [0.25, 0.3) is 0 Å². The van der Waals surface area contributed by atoms with Crippen LogP contribution in [0.3, 0.4) is 0 Å². The van der Waals surface area contributed by atoms with E-state index in [0.29, 0.717) is 47.8 Å². The molecule has 5 rings (SSSR count). The lowest BCUT2D eigenvalue weighted by atomic mass is 10.1. The van der Waals surface area contributed by atoms with Crippen LogP contribution in [0.5, 0.6) is 11.5 Å². The number of anilines is 2. The second kappa shape index (κ2) is 11.5. The molecule has 38 heavy (non-hydrogen) atoms. The Labute approximate surface area is 220 Å². The first-order chi connectivity index (χ1) is 18.5. The van der Waals surface area contributed by atoms with Gasteiger partial charge in [0.05, 0.1) is 32.5 Å². The number of amidine groups is 1. The van der Waals surface area contributed by atoms with Crippen molar-refractivity contribution >= 4 is 28.9 Å². The van der Waals surface area contributed by atoms with Gasteiger partial charge in [-0.2, -0.15) is 5.10 Å². The predicted molar refractivity (Wildman–Crippen MR) is 144 cm³/mol. The first kappa shape index (κ1) is 25.5. The van der Waals surface area contributed by atoms with Crippen molar-refractivity contribution < 1.29 is 18.7 Å². The van der Waals surface area contributed by atoms with Crippen molar-refractivity contribution in [1.82, 2.24) is 15.1 Å². The van der Waals surface area contributed by atoms with Gasteiger partial charge < -0.3 is 30.3 Å². The normalized spacial score (nSPS) is 16.4. The number of carbonyl (C=O) groups excluding carboxylic acids is 1. The maximum Gasteiger partial charge on any atom is 0.223 e. The fraction of sp³-hybridized carbons (Fsp3) is 0.370. The second-order valence-corrected chi connectivity index (χ2v) is 9.37. The Kier molecular flexibility index (Phi) is 7.73. The number of aromatic amines is 1. The van der Waals surface area contributed by atoms with Gasteiger partial charge in [-0.15, -0.1) is 0 Å². The van der Waals surface area contributed by atoms with Gasteiger partial charge in [-0.25, -0.2) is 9.38 Å². The number of amides is 1. The molecule has 200 valence electrons. The van der Waals surface area contributed by atoms with E-state index in [-0.39, 0.29) is 12.2 Å². The maximum absolute atomic E-state index is 14.1. The van der Waals surface area contributed by atoms with Crippen LogP contribution in [-0.4, -0.2) is 66.9 Å². The van der Waals surface area contributed by atoms with Crippen LogP contribution in [-0.2, 0) is 11.2 Å². The Morgan fingerprint density at radius 1 is 1.18 bits per heavy atom. The Morgan fingerprint density at radius 3 is 2.79 bits per heavy atom. The molecule has 0 aliphatic carbocycles. The summed E-state index contributed by atoms with van der Waals surface area (Å²) in [6.45, 7) is 4.27. The van der Waals surface area contributed by atoms with Gasteiger partial charge in [-0.05, 0) is 56.6 Å². The van der Waals surface area contributed by atoms with E-state index >= 15 is 0 Å². The van der Waals surface area contributed by atoms with Gasteiger partial charge in [0.25, 0.3) is 0 Å². The van der Waals surface area contributed by atoms with Gasteiger partial charge >= 0.3 is 0 Å². The minimum atomic E-state index is -0.473. The zero-order chi connectivity index (χ0) is 26.5. The highest BCUT2D eigenvalue weighted by molar-refractivity contribution is 6.16. The van der Waals surface area contributed by atoms with E-state index in [2.05, 4.69) is 20.4 Å². The van der Waals surface area contributed by atoms with Crippen molar-refractivity contribution in [2.45, 2.75) is 25.7 Å². The summed E-state index contributed by atoms with van der Waals surface area (Å²) in [5.74, 6) is 1.29. The number of H-pyrrole nitrogens is 1. The quantitative estimate of drug-likeness (QED) is 0.350. The Balaban J connectivity index is 1.45. The summed E-state index contributed by atoms with van der Waals surface area (Å²) in [4.78, 5) is 20.4. The predicted octanol–water partition coefficient (Wildman–Crippen LogP) is 3.42. The molecule has 0 radical (unpaired) electrons. The molecule has 11 heteroatoms. The highest BCUT2D eigenvalue weighted by atomic mass is 19.1. The number of fused-ring (bicyclic) bond motifs is 1. The van der Waals surface area contributed by atoms with Crippen LogP contribution in [0.2, 0.25) is 0 Å². The fourth-order valence-electron chi connectivity index (χ4n) is 4.80. The van der Waals surface area contributed by atoms with E-state index in [0.717, 1.165) is 37.3 Å². The van der Waals surface area contributed by atoms with Crippen LogP contribution in [0, 0.1) is 5.82 Å². The number of aromatic nitrogens is 2. The molecule has 1 aromatic heterocycles. The summed E-state index contributed by atoms with van der Waals surface area (Å²) in [7, 11) is 1.60. The van der Waals surface area contributed by atoms with Crippen LogP contribution >= 0.6 is 0 Å². The highest BCUT2D eigenvalue weighted by Gasteiger charge is 2.27. The molecule has 2 aromatic carbocycles. The van der Waals surface area contributed by atoms with Crippen LogP contribution in [0.15, 0.2) is 47.5 Å². The van der Waals surface area contributed by atoms with Crippen molar-refractivity contribution in [3.05, 3.63) is 59.5 Å². The Hall–Kier alpha value is -4.12. The van der Waals surface area contributed by atoms with Crippen LogP contribution < -0.4 is 25.4 Å². The lowest BCUT2D eigenvalue weighted by Gasteiger charge is -2.33. The molecular weight excluding hydrogens is 489 g/mol. The monoisotopic (exact) mass is 521 g/mol. The van der Waals surface area contributed by atoms with E-state index in [1.165, 1.54) is 25.0 Å². The van der Waals surface area contributed by atoms with E-state index in [9.17, 15) is 9.18 Å². The van der Waals surface area contributed by atoms with Crippen molar-refractivity contribution in [2.75, 3.05) is 50.2 Å². The largest absolute Gasteiger partial charge is 0.493 e. The van der Waals surface area contributed by atoms with Gasteiger partial charge in [0.1, 0.15) is 11.7 Å². The minimum absolute atomic E-state index is 0.0237. The number of methoxy groups -OCH3 is 1. The summed E-state index contributed by atoms with van der Waals surface area (Å²) in [6, 6.07) is 11.7. The Morgan fingerprint density at radius 2 is 2.03 bits per heavy atom. The lowest BCUT2D eigenvalue weighted by molar-refractivity contribution is -0.117. The molecule has 3 heterocycles. The second-order valence-electron chi connectivity index (χ2n) is 9.37. The van der Waals surface area contributed by atoms with Crippen molar-refractivity contribution in [3.63, 3.8) is 0 Å². The van der Waals surface area contributed by atoms with E-state index in [4.69, 9.17) is 20.2 Å². The van der Waals surface area contributed by atoms with E-state index in [1.54, 1.807) is 19.2 Å². The number of carbonyl (C=O) groups is 1. The first-order valence-corrected chi connectivity index (χ1v) is 12.8. The number of halogens is 1. The number of nitrogens with one attached hydrogen (secondary N) is 2. The first-order valence-electron chi connectivity index (χ1n) is 12.8. The summed E-state index contributed by atoms with van der Waals surface area (Å²) in [6.07, 6.45) is 3.50. The number of hydrogen-bond acceptors (Lipinski definition) is 7. The molecule has 0 unspecified atom stereocenters. The van der Waals surface area contributed by atoms with Gasteiger partial charge in [0.2, 0.25) is 5.91 Å². The van der Waals surface area contributed by atoms with Gasteiger partial charge in [0.15, 0.2) is 17.3 Å². The van der Waals surface area contributed by atoms with E-state index < -0.39 is 5.91 Å². The van der Waals surface area contributed by atoms with Gasteiger partial charge in [0, 0.05) is 35.6 Å². The third-order valence-corrected chi connectivity index (χ3v) is 6.63. The summed E-state index contributed by atoms with van der Waals surface area (Å²) in [5, 5.41) is 10.4. The third-order valence-electron chi connectivity index (χ3n) is 6.63. The Bertz CT molecular complexity index is 1320. The number of primary amides is 1.